The third kappa shape index (κ3) is 3.77. The number of rotatable bonds is 6. The largest absolute Gasteiger partial charge is 0.461 e. The molecule has 2 aliphatic heterocycles. The minimum absolute atomic E-state index is 0.0117. The van der Waals surface area contributed by atoms with Crippen LogP contribution in [0, 0.1) is 11.3 Å². The van der Waals surface area contributed by atoms with Crippen molar-refractivity contribution in [2.24, 2.45) is 11.3 Å². The first-order valence-electron chi connectivity index (χ1n) is 11.5. The van der Waals surface area contributed by atoms with E-state index in [0.29, 0.717) is 0 Å². The van der Waals surface area contributed by atoms with Crippen LogP contribution in [0.4, 0.5) is 0 Å². The zero-order valence-electron chi connectivity index (χ0n) is 19.7. The molecule has 194 valence electrons. The van der Waals surface area contributed by atoms with Crippen molar-refractivity contribution in [3.8, 4) is 0 Å². The fourth-order valence-corrected chi connectivity index (χ4v) is 5.61. The third-order valence-electron chi connectivity index (χ3n) is 8.14. The van der Waals surface area contributed by atoms with Crippen molar-refractivity contribution in [3.63, 3.8) is 0 Å². The quantitative estimate of drug-likeness (QED) is 0.310. The van der Waals surface area contributed by atoms with Gasteiger partial charge in [-0.05, 0) is 26.0 Å². The number of aliphatic hydroxyl groups is 5. The second kappa shape index (κ2) is 9.07. The predicted molar refractivity (Wildman–Crippen MR) is 117 cm³/mol. The molecule has 3 aliphatic rings. The van der Waals surface area contributed by atoms with Crippen molar-refractivity contribution < 1.29 is 54.1 Å². The van der Waals surface area contributed by atoms with Crippen molar-refractivity contribution in [1.29, 1.82) is 0 Å². The lowest BCUT2D eigenvalue weighted by Crippen LogP contribution is -2.71. The average molecular weight is 497 g/mol. The Bertz CT molecular complexity index is 954. The van der Waals surface area contributed by atoms with Gasteiger partial charge in [0, 0.05) is 12.3 Å². The van der Waals surface area contributed by atoms with Gasteiger partial charge in [-0.15, -0.1) is 0 Å². The highest BCUT2D eigenvalue weighted by Gasteiger charge is 2.79. The molecule has 5 N–H and O–H groups in total. The van der Waals surface area contributed by atoms with Crippen LogP contribution >= 0.6 is 0 Å². The molecule has 35 heavy (non-hydrogen) atoms. The zero-order chi connectivity index (χ0) is 25.8. The first kappa shape index (κ1) is 26.0. The lowest BCUT2D eigenvalue weighted by Gasteiger charge is -2.55. The van der Waals surface area contributed by atoms with Crippen LogP contribution in [-0.4, -0.2) is 98.7 Å². The summed E-state index contributed by atoms with van der Waals surface area (Å²) in [6, 6.07) is 8.17. The summed E-state index contributed by atoms with van der Waals surface area (Å²) in [4.78, 5) is 26.1. The van der Waals surface area contributed by atoms with E-state index in [1.807, 2.05) is 0 Å². The van der Waals surface area contributed by atoms with E-state index in [-0.39, 0.29) is 12.0 Å². The fourth-order valence-electron chi connectivity index (χ4n) is 5.61. The van der Waals surface area contributed by atoms with Crippen LogP contribution in [0.3, 0.4) is 0 Å². The highest BCUT2D eigenvalue weighted by atomic mass is 16.7. The molecule has 1 aromatic rings. The Kier molecular flexibility index (Phi) is 6.73. The summed E-state index contributed by atoms with van der Waals surface area (Å²) >= 11 is 0. The van der Waals surface area contributed by atoms with Crippen molar-refractivity contribution in [3.05, 3.63) is 35.9 Å². The molecule has 2 saturated heterocycles. The minimum atomic E-state index is -1.73. The van der Waals surface area contributed by atoms with Crippen molar-refractivity contribution in [2.45, 2.75) is 75.2 Å². The Morgan fingerprint density at radius 1 is 1.09 bits per heavy atom. The van der Waals surface area contributed by atoms with Crippen LogP contribution in [0.15, 0.2) is 30.3 Å². The summed E-state index contributed by atoms with van der Waals surface area (Å²) in [6.07, 6.45) is -8.85. The molecular weight excluding hydrogens is 464 g/mol. The topological polar surface area (TPSA) is 172 Å². The molecule has 11 nitrogen and oxygen atoms in total. The number of fused-ring (bicyclic) bond motifs is 2. The molecule has 1 aliphatic carbocycles. The van der Waals surface area contributed by atoms with Crippen molar-refractivity contribution in [2.75, 3.05) is 13.2 Å². The number of esters is 2. The Balaban J connectivity index is 1.70. The van der Waals surface area contributed by atoms with Gasteiger partial charge in [-0.2, -0.15) is 0 Å². The molecule has 2 bridgehead atoms. The van der Waals surface area contributed by atoms with Gasteiger partial charge in [-0.1, -0.05) is 25.1 Å². The summed E-state index contributed by atoms with van der Waals surface area (Å²) in [6.45, 7) is 3.55. The summed E-state index contributed by atoms with van der Waals surface area (Å²) in [5, 5.41) is 51.3. The summed E-state index contributed by atoms with van der Waals surface area (Å²) in [5.41, 5.74) is -4.49. The first-order chi connectivity index (χ1) is 16.4. The number of aliphatic hydroxyl groups excluding tert-OH is 5. The number of benzene rings is 1. The van der Waals surface area contributed by atoms with Gasteiger partial charge in [0.2, 0.25) is 0 Å². The van der Waals surface area contributed by atoms with Crippen LogP contribution < -0.4 is 0 Å². The smallest absolute Gasteiger partial charge is 0.338 e. The van der Waals surface area contributed by atoms with Crippen molar-refractivity contribution in [1.82, 2.24) is 0 Å². The van der Waals surface area contributed by atoms with Crippen molar-refractivity contribution >= 4 is 11.9 Å². The maximum atomic E-state index is 13.4. The summed E-state index contributed by atoms with van der Waals surface area (Å²) < 4.78 is 23.0. The Labute approximate surface area is 202 Å². The van der Waals surface area contributed by atoms with Crippen LogP contribution in [0.25, 0.3) is 0 Å². The zero-order valence-corrected chi connectivity index (χ0v) is 19.7. The molecular formula is C24H32O11. The van der Waals surface area contributed by atoms with E-state index in [1.165, 1.54) is 6.92 Å². The normalized spacial score (nSPS) is 45.1. The van der Waals surface area contributed by atoms with E-state index >= 15 is 0 Å². The first-order valence-corrected chi connectivity index (χ1v) is 11.5. The molecule has 2 heterocycles. The number of hydrogen-bond donors (Lipinski definition) is 5. The lowest BCUT2D eigenvalue weighted by molar-refractivity contribution is -0.357. The lowest BCUT2D eigenvalue weighted by atomic mass is 9.54. The van der Waals surface area contributed by atoms with E-state index in [4.69, 9.17) is 18.9 Å². The fraction of sp³-hybridized carbons (Fsp3) is 0.667. The van der Waals surface area contributed by atoms with Crippen LogP contribution in [0.2, 0.25) is 0 Å². The van der Waals surface area contributed by atoms with E-state index in [9.17, 15) is 35.1 Å². The molecule has 0 aromatic heterocycles. The van der Waals surface area contributed by atoms with Gasteiger partial charge in [0.15, 0.2) is 6.29 Å². The maximum absolute atomic E-state index is 13.4. The molecule has 4 rings (SSSR count). The standard InChI is InChI=1S/C24H32O11/c1-12-14(26)9-22(2)23(3,34-20-18(29)17(28)16(27)15(10-25)33-20)24(12,21(31)35-22)11-32-19(30)13-7-5-4-6-8-13/h4-8,12,14-18,20,25-29H,9-11H2,1-3H3/t12-,14+,15+,16+,17-,18+,20-,22-,23?,24-/m0/s1. The monoisotopic (exact) mass is 496 g/mol. The number of ether oxygens (including phenoxy) is 4. The van der Waals surface area contributed by atoms with E-state index in [0.717, 1.165) is 0 Å². The van der Waals surface area contributed by atoms with Gasteiger partial charge in [0.1, 0.15) is 47.6 Å². The number of hydrogen-bond acceptors (Lipinski definition) is 11. The molecule has 10 atom stereocenters. The predicted octanol–water partition coefficient (Wildman–Crippen LogP) is -0.879. The second-order valence-corrected chi connectivity index (χ2v) is 9.94. The Morgan fingerprint density at radius 3 is 2.37 bits per heavy atom. The van der Waals surface area contributed by atoms with Gasteiger partial charge >= 0.3 is 11.9 Å². The van der Waals surface area contributed by atoms with Gasteiger partial charge < -0.3 is 44.5 Å². The summed E-state index contributed by atoms with van der Waals surface area (Å²) in [5.74, 6) is -2.25. The molecule has 1 saturated carbocycles. The minimum Gasteiger partial charge on any atom is -0.461 e. The van der Waals surface area contributed by atoms with Gasteiger partial charge in [-0.25, -0.2) is 4.79 Å². The highest BCUT2D eigenvalue weighted by molar-refractivity contribution is 5.90. The Morgan fingerprint density at radius 2 is 1.74 bits per heavy atom. The van der Waals surface area contributed by atoms with Crippen LogP contribution in [-0.2, 0) is 23.7 Å². The molecule has 1 unspecified atom stereocenters. The van der Waals surface area contributed by atoms with Gasteiger partial charge in [0.05, 0.1) is 18.3 Å². The number of carbonyl (C=O) groups is 2. The summed E-state index contributed by atoms with van der Waals surface area (Å²) in [7, 11) is 0. The van der Waals surface area contributed by atoms with Crippen LogP contribution in [0.1, 0.15) is 37.6 Å². The highest BCUT2D eigenvalue weighted by Crippen LogP contribution is 2.62. The van der Waals surface area contributed by atoms with Crippen LogP contribution in [0.5, 0.6) is 0 Å². The SMILES string of the molecule is C[C@H]1[C@H](O)C[C@]2(C)OC(=O)[C@@]1(COC(=O)c1ccccc1)C2(C)O[C@@H]1O[C@H](CO)[C@@H](O)[C@H](O)[C@H]1O. The Hall–Kier alpha value is -2.12. The maximum Gasteiger partial charge on any atom is 0.338 e. The molecule has 0 radical (unpaired) electrons. The average Bonchev–Trinajstić information content (AvgIpc) is 2.94. The van der Waals surface area contributed by atoms with E-state index < -0.39 is 84.5 Å². The molecule has 3 fully saturated rings. The second-order valence-electron chi connectivity index (χ2n) is 9.94. The molecule has 1 aromatic carbocycles. The molecule has 0 amide bonds. The van der Waals surface area contributed by atoms with Gasteiger partial charge in [0.25, 0.3) is 0 Å². The third-order valence-corrected chi connectivity index (χ3v) is 8.14. The number of carbonyl (C=O) groups excluding carboxylic acids is 2. The van der Waals surface area contributed by atoms with Gasteiger partial charge in [-0.3, -0.25) is 4.79 Å². The van der Waals surface area contributed by atoms with E-state index in [2.05, 4.69) is 0 Å². The molecule has 0 spiro atoms. The molecule has 11 heteroatoms. The van der Waals surface area contributed by atoms with E-state index in [1.54, 1.807) is 44.2 Å².